The molecule has 3 heterocycles. The molecule has 0 radical (unpaired) electrons. The lowest BCUT2D eigenvalue weighted by Crippen LogP contribution is -2.61. The maximum absolute atomic E-state index is 13.7. The fourth-order valence-electron chi connectivity index (χ4n) is 3.92. The van der Waals surface area contributed by atoms with Gasteiger partial charge in [0.05, 0.1) is 12.5 Å². The van der Waals surface area contributed by atoms with E-state index in [4.69, 9.17) is 4.74 Å². The van der Waals surface area contributed by atoms with E-state index in [0.29, 0.717) is 12.0 Å². The first-order valence-electron chi connectivity index (χ1n) is 11.1. The summed E-state index contributed by atoms with van der Waals surface area (Å²) in [7, 11) is 0. The van der Waals surface area contributed by atoms with Gasteiger partial charge in [-0.1, -0.05) is 0 Å². The number of imide groups is 1. The molecular weight excluding hydrogens is 471 g/mol. The van der Waals surface area contributed by atoms with Gasteiger partial charge >= 0.3 is 12.3 Å². The minimum atomic E-state index is -4.68. The number of pyridine rings is 1. The topological polar surface area (TPSA) is 121 Å². The van der Waals surface area contributed by atoms with Crippen LogP contribution in [0.4, 0.5) is 23.8 Å². The number of anilines is 1. The maximum atomic E-state index is 13.7. The Balaban J connectivity index is 1.64. The Morgan fingerprint density at radius 1 is 1.23 bits per heavy atom. The number of rotatable bonds is 4. The predicted molar refractivity (Wildman–Crippen MR) is 117 cm³/mol. The molecule has 35 heavy (non-hydrogen) atoms. The number of hydrogen-bond acceptors (Lipinski definition) is 7. The maximum Gasteiger partial charge on any atom is 0.410 e. The fraction of sp³-hybridized carbons (Fsp3) is 0.591. The molecule has 0 saturated carbocycles. The lowest BCUT2D eigenvalue weighted by molar-refractivity contribution is -0.195. The van der Waals surface area contributed by atoms with Crippen LogP contribution in [0, 0.1) is 0 Å². The highest BCUT2D eigenvalue weighted by Crippen LogP contribution is 2.29. The first kappa shape index (κ1) is 26.4. The highest BCUT2D eigenvalue weighted by Gasteiger charge is 2.48. The molecule has 13 heteroatoms. The summed E-state index contributed by atoms with van der Waals surface area (Å²) in [6.45, 7) is 3.42. The van der Waals surface area contributed by atoms with E-state index in [2.05, 4.69) is 15.6 Å². The van der Waals surface area contributed by atoms with Crippen molar-refractivity contribution < 1.29 is 37.1 Å². The molecule has 2 N–H and O–H groups in total. The number of aromatic nitrogens is 1. The Morgan fingerprint density at radius 2 is 1.94 bits per heavy atom. The lowest BCUT2D eigenvalue weighted by Gasteiger charge is -2.41. The van der Waals surface area contributed by atoms with Crippen molar-refractivity contribution in [2.45, 2.75) is 57.3 Å². The van der Waals surface area contributed by atoms with Gasteiger partial charge in [-0.25, -0.2) is 9.78 Å². The van der Waals surface area contributed by atoms with Crippen molar-refractivity contribution in [3.05, 3.63) is 23.9 Å². The second-order valence-corrected chi connectivity index (χ2v) is 9.48. The summed E-state index contributed by atoms with van der Waals surface area (Å²) in [4.78, 5) is 54.2. The number of nitrogens with zero attached hydrogens (tertiary/aromatic N) is 3. The Morgan fingerprint density at radius 3 is 2.57 bits per heavy atom. The number of carbonyl (C=O) groups excluding carboxylic acids is 4. The van der Waals surface area contributed by atoms with Gasteiger partial charge in [0.1, 0.15) is 17.5 Å². The van der Waals surface area contributed by atoms with E-state index in [1.54, 1.807) is 26.8 Å². The Bertz CT molecular complexity index is 994. The first-order chi connectivity index (χ1) is 16.2. The number of hydrogen-bond donors (Lipinski definition) is 2. The van der Waals surface area contributed by atoms with Crippen LogP contribution in [0.5, 0.6) is 0 Å². The van der Waals surface area contributed by atoms with E-state index in [1.807, 2.05) is 0 Å². The van der Waals surface area contributed by atoms with Crippen molar-refractivity contribution in [2.24, 2.45) is 0 Å². The standard InChI is InChI=1S/C22H28F3N5O5/c1-21(2,3)35-20(34)30-9-8-29(15(11-30)22(23,24)25)12-18(32)27-16-10-13(6-7-26-16)14-4-5-17(31)28-19(14)33/h6-7,10,14-15H,4-5,8-9,11-12H2,1-3H3,(H,26,27,32)(H,28,31,33)/t14-,15-/m1/s1. The van der Waals surface area contributed by atoms with Crippen molar-refractivity contribution in [3.8, 4) is 0 Å². The zero-order valence-corrected chi connectivity index (χ0v) is 19.6. The molecule has 0 spiro atoms. The first-order valence-corrected chi connectivity index (χ1v) is 11.1. The quantitative estimate of drug-likeness (QED) is 0.608. The van der Waals surface area contributed by atoms with E-state index < -0.39 is 54.7 Å². The average Bonchev–Trinajstić information content (AvgIpc) is 2.72. The van der Waals surface area contributed by atoms with Crippen LogP contribution in [-0.2, 0) is 19.1 Å². The number of carbonyl (C=O) groups is 4. The summed E-state index contributed by atoms with van der Waals surface area (Å²) < 4.78 is 46.4. The molecule has 0 aromatic carbocycles. The van der Waals surface area contributed by atoms with Crippen molar-refractivity contribution in [1.29, 1.82) is 0 Å². The number of halogens is 3. The van der Waals surface area contributed by atoms with Crippen LogP contribution in [0.15, 0.2) is 18.3 Å². The van der Waals surface area contributed by atoms with E-state index in [0.717, 1.165) is 9.80 Å². The van der Waals surface area contributed by atoms with Gasteiger partial charge < -0.3 is 15.0 Å². The zero-order valence-electron chi connectivity index (χ0n) is 19.6. The van der Waals surface area contributed by atoms with Crippen LogP contribution in [0.1, 0.15) is 45.1 Å². The summed E-state index contributed by atoms with van der Waals surface area (Å²) in [6.07, 6.45) is -3.67. The number of piperazine rings is 1. The molecule has 10 nitrogen and oxygen atoms in total. The Hall–Kier alpha value is -3.22. The molecule has 2 saturated heterocycles. The molecule has 1 aromatic heterocycles. The smallest absolute Gasteiger partial charge is 0.410 e. The van der Waals surface area contributed by atoms with Crippen molar-refractivity contribution in [2.75, 3.05) is 31.5 Å². The summed E-state index contributed by atoms with van der Waals surface area (Å²) in [5, 5.41) is 4.72. The van der Waals surface area contributed by atoms with Crippen LogP contribution in [-0.4, -0.2) is 82.6 Å². The van der Waals surface area contributed by atoms with Crippen LogP contribution in [0.2, 0.25) is 0 Å². The summed E-state index contributed by atoms with van der Waals surface area (Å²) in [5.41, 5.74) is -0.323. The molecular formula is C22H28F3N5O5. The van der Waals surface area contributed by atoms with Crippen LogP contribution < -0.4 is 10.6 Å². The van der Waals surface area contributed by atoms with Gasteiger partial charge in [0.2, 0.25) is 17.7 Å². The molecule has 192 valence electrons. The molecule has 2 aliphatic heterocycles. The Labute approximate surface area is 200 Å². The molecule has 0 unspecified atom stereocenters. The summed E-state index contributed by atoms with van der Waals surface area (Å²) in [6, 6.07) is 0.988. The van der Waals surface area contributed by atoms with E-state index in [-0.39, 0.29) is 31.2 Å². The number of nitrogens with one attached hydrogen (secondary N) is 2. The van der Waals surface area contributed by atoms with Crippen molar-refractivity contribution in [3.63, 3.8) is 0 Å². The number of ether oxygens (including phenoxy) is 1. The summed E-state index contributed by atoms with van der Waals surface area (Å²) in [5.74, 6) is -2.06. The zero-order chi connectivity index (χ0) is 26.0. The molecule has 4 amide bonds. The minimum absolute atomic E-state index is 0.0297. The van der Waals surface area contributed by atoms with Crippen LogP contribution in [0.3, 0.4) is 0 Å². The van der Waals surface area contributed by atoms with Crippen molar-refractivity contribution >= 4 is 29.6 Å². The fourth-order valence-corrected chi connectivity index (χ4v) is 3.92. The number of piperidine rings is 1. The van der Waals surface area contributed by atoms with Gasteiger partial charge in [-0.2, -0.15) is 13.2 Å². The van der Waals surface area contributed by atoms with Gasteiger partial charge in [0.15, 0.2) is 0 Å². The molecule has 0 aliphatic carbocycles. The number of amides is 4. The second-order valence-electron chi connectivity index (χ2n) is 9.48. The average molecular weight is 499 g/mol. The molecule has 2 atom stereocenters. The van der Waals surface area contributed by atoms with Crippen molar-refractivity contribution in [1.82, 2.24) is 20.1 Å². The van der Waals surface area contributed by atoms with Gasteiger partial charge in [0.25, 0.3) is 0 Å². The molecule has 1 aromatic rings. The molecule has 3 rings (SSSR count). The van der Waals surface area contributed by atoms with Gasteiger partial charge in [-0.05, 0) is 44.9 Å². The van der Waals surface area contributed by atoms with E-state index in [1.165, 1.54) is 12.3 Å². The molecule has 2 aliphatic rings. The number of alkyl halides is 3. The highest BCUT2D eigenvalue weighted by molar-refractivity contribution is 6.01. The van der Waals surface area contributed by atoms with Gasteiger partial charge in [-0.15, -0.1) is 0 Å². The van der Waals surface area contributed by atoms with Crippen LogP contribution in [0.25, 0.3) is 0 Å². The molecule has 0 bridgehead atoms. The predicted octanol–water partition coefficient (Wildman–Crippen LogP) is 2.02. The second kappa shape index (κ2) is 10.2. The van der Waals surface area contributed by atoms with E-state index >= 15 is 0 Å². The van der Waals surface area contributed by atoms with Gasteiger partial charge in [-0.3, -0.25) is 24.6 Å². The third-order valence-electron chi connectivity index (χ3n) is 5.56. The SMILES string of the molecule is CC(C)(C)OC(=O)N1CCN(CC(=O)Nc2cc([C@H]3CCC(=O)NC3=O)ccn2)[C@@H](C(F)(F)F)C1. The summed E-state index contributed by atoms with van der Waals surface area (Å²) >= 11 is 0. The monoisotopic (exact) mass is 499 g/mol. The Kier molecular flexibility index (Phi) is 7.68. The minimum Gasteiger partial charge on any atom is -0.444 e. The lowest BCUT2D eigenvalue weighted by atomic mass is 9.91. The normalized spacial score (nSPS) is 21.9. The van der Waals surface area contributed by atoms with E-state index in [9.17, 15) is 32.3 Å². The van der Waals surface area contributed by atoms with Gasteiger partial charge in [0, 0.05) is 32.3 Å². The third-order valence-corrected chi connectivity index (χ3v) is 5.56. The highest BCUT2D eigenvalue weighted by atomic mass is 19.4. The largest absolute Gasteiger partial charge is 0.444 e. The molecule has 2 fully saturated rings. The third kappa shape index (κ3) is 7.13. The van der Waals surface area contributed by atoms with Crippen LogP contribution >= 0.6 is 0 Å².